The van der Waals surface area contributed by atoms with Gasteiger partial charge in [0.2, 0.25) is 5.91 Å². The van der Waals surface area contributed by atoms with Crippen LogP contribution in [0.4, 0.5) is 0 Å². The number of hydrogen-bond donors (Lipinski definition) is 3. The molecule has 1 aliphatic carbocycles. The lowest BCUT2D eigenvalue weighted by Gasteiger charge is -2.25. The van der Waals surface area contributed by atoms with Crippen LogP contribution in [0.1, 0.15) is 45.4 Å². The van der Waals surface area contributed by atoms with Crippen molar-refractivity contribution in [1.82, 2.24) is 5.32 Å². The van der Waals surface area contributed by atoms with E-state index in [1.165, 1.54) is 0 Å². The molecule has 0 bridgehead atoms. The van der Waals surface area contributed by atoms with E-state index >= 15 is 0 Å². The molecule has 0 saturated heterocycles. The first kappa shape index (κ1) is 15.8. The summed E-state index contributed by atoms with van der Waals surface area (Å²) in [4.78, 5) is 12.2. The first-order valence-electron chi connectivity index (χ1n) is 7.01. The molecule has 110 valence electrons. The smallest absolute Gasteiger partial charge is 0.233 e. The van der Waals surface area contributed by atoms with Crippen molar-refractivity contribution in [3.63, 3.8) is 0 Å². The summed E-state index contributed by atoms with van der Waals surface area (Å²) >= 11 is 0. The Morgan fingerprint density at radius 3 is 2.68 bits per heavy atom. The number of nitrogens with one attached hydrogen (secondary N) is 1. The number of carbonyl (C=O) groups excluding carboxylic acids is 1. The third-order valence-corrected chi connectivity index (χ3v) is 3.59. The van der Waals surface area contributed by atoms with E-state index < -0.39 is 5.41 Å². The molecule has 1 fully saturated rings. The lowest BCUT2D eigenvalue weighted by atomic mass is 9.84. The van der Waals surface area contributed by atoms with Crippen molar-refractivity contribution < 1.29 is 14.7 Å². The van der Waals surface area contributed by atoms with Gasteiger partial charge in [-0.3, -0.25) is 4.79 Å². The second-order valence-corrected chi connectivity index (χ2v) is 5.00. The van der Waals surface area contributed by atoms with E-state index in [0.29, 0.717) is 26.0 Å². The van der Waals surface area contributed by atoms with Crippen LogP contribution < -0.4 is 11.1 Å². The molecule has 0 spiro atoms. The predicted octanol–water partition coefficient (Wildman–Crippen LogP) is 1.23. The van der Waals surface area contributed by atoms with Crippen molar-refractivity contribution >= 4 is 11.7 Å². The largest absolute Gasteiger partial charge is 0.409 e. The topological polar surface area (TPSA) is 96.9 Å². The SMILES string of the molecule is CCCOCCCNC(=O)C1(C(N)=NO)CCCC1. The first-order chi connectivity index (χ1) is 9.17. The van der Waals surface area contributed by atoms with Crippen LogP contribution in [-0.2, 0) is 9.53 Å². The molecule has 0 aromatic carbocycles. The molecule has 0 unspecified atom stereocenters. The normalized spacial score (nSPS) is 18.5. The first-order valence-corrected chi connectivity index (χ1v) is 7.01. The Balaban J connectivity index is 2.38. The van der Waals surface area contributed by atoms with Crippen LogP contribution in [-0.4, -0.2) is 36.7 Å². The molecule has 0 radical (unpaired) electrons. The number of nitrogens with zero attached hydrogens (tertiary/aromatic N) is 1. The van der Waals surface area contributed by atoms with Gasteiger partial charge in [-0.25, -0.2) is 0 Å². The van der Waals surface area contributed by atoms with E-state index in [0.717, 1.165) is 32.3 Å². The molecule has 1 aliphatic rings. The maximum Gasteiger partial charge on any atom is 0.233 e. The molecular formula is C13H25N3O3. The molecule has 1 amide bonds. The van der Waals surface area contributed by atoms with Crippen LogP contribution in [0.25, 0.3) is 0 Å². The van der Waals surface area contributed by atoms with Crippen LogP contribution in [0.2, 0.25) is 0 Å². The average Bonchev–Trinajstić information content (AvgIpc) is 2.92. The highest BCUT2D eigenvalue weighted by Gasteiger charge is 2.45. The average molecular weight is 271 g/mol. The third-order valence-electron chi connectivity index (χ3n) is 3.59. The fourth-order valence-corrected chi connectivity index (χ4v) is 2.47. The Morgan fingerprint density at radius 2 is 2.11 bits per heavy atom. The fraction of sp³-hybridized carbons (Fsp3) is 0.846. The Bertz CT molecular complexity index is 312. The van der Waals surface area contributed by atoms with Gasteiger partial charge in [0.15, 0.2) is 5.84 Å². The van der Waals surface area contributed by atoms with Gasteiger partial charge < -0.3 is 21.0 Å². The summed E-state index contributed by atoms with van der Waals surface area (Å²) in [5.74, 6) is -0.0967. The van der Waals surface area contributed by atoms with Crippen LogP contribution in [0.3, 0.4) is 0 Å². The van der Waals surface area contributed by atoms with Crippen LogP contribution in [0.15, 0.2) is 5.16 Å². The summed E-state index contributed by atoms with van der Waals surface area (Å²) in [6.07, 6.45) is 4.95. The van der Waals surface area contributed by atoms with Gasteiger partial charge in [0, 0.05) is 19.8 Å². The van der Waals surface area contributed by atoms with Crippen molar-refractivity contribution in [2.75, 3.05) is 19.8 Å². The van der Waals surface area contributed by atoms with E-state index in [4.69, 9.17) is 15.7 Å². The number of amides is 1. The molecule has 1 rings (SSSR count). The number of carbonyl (C=O) groups is 1. The number of hydrogen-bond acceptors (Lipinski definition) is 4. The number of nitrogens with two attached hydrogens (primary N) is 1. The maximum absolute atomic E-state index is 12.2. The zero-order valence-corrected chi connectivity index (χ0v) is 11.7. The summed E-state index contributed by atoms with van der Waals surface area (Å²) in [7, 11) is 0. The zero-order valence-electron chi connectivity index (χ0n) is 11.7. The minimum Gasteiger partial charge on any atom is -0.409 e. The van der Waals surface area contributed by atoms with E-state index in [2.05, 4.69) is 17.4 Å². The minimum absolute atomic E-state index is 0.0322. The molecule has 19 heavy (non-hydrogen) atoms. The number of amidine groups is 1. The van der Waals surface area contributed by atoms with Gasteiger partial charge in [0.05, 0.1) is 0 Å². The molecule has 0 aromatic rings. The molecule has 0 heterocycles. The van der Waals surface area contributed by atoms with Crippen molar-refractivity contribution in [1.29, 1.82) is 0 Å². The standard InChI is InChI=1S/C13H25N3O3/c1-2-9-19-10-5-8-15-12(17)13(11(14)16-18)6-3-4-7-13/h18H,2-10H2,1H3,(H2,14,16)(H,15,17). The Morgan fingerprint density at radius 1 is 1.42 bits per heavy atom. The van der Waals surface area contributed by atoms with Gasteiger partial charge in [-0.2, -0.15) is 0 Å². The van der Waals surface area contributed by atoms with E-state index in [9.17, 15) is 4.79 Å². The monoisotopic (exact) mass is 271 g/mol. The highest BCUT2D eigenvalue weighted by atomic mass is 16.5. The predicted molar refractivity (Wildman–Crippen MR) is 73.0 cm³/mol. The van der Waals surface area contributed by atoms with Crippen molar-refractivity contribution in [2.24, 2.45) is 16.3 Å². The molecule has 0 aromatic heterocycles. The highest BCUT2D eigenvalue weighted by molar-refractivity contribution is 6.07. The van der Waals surface area contributed by atoms with Gasteiger partial charge in [0.1, 0.15) is 5.41 Å². The van der Waals surface area contributed by atoms with Gasteiger partial charge in [-0.1, -0.05) is 24.9 Å². The molecule has 4 N–H and O–H groups in total. The molecular weight excluding hydrogens is 246 g/mol. The summed E-state index contributed by atoms with van der Waals surface area (Å²) in [5.41, 5.74) is 4.89. The van der Waals surface area contributed by atoms with Crippen LogP contribution >= 0.6 is 0 Å². The lowest BCUT2D eigenvalue weighted by Crippen LogP contribution is -2.48. The fourth-order valence-electron chi connectivity index (χ4n) is 2.47. The Kier molecular flexibility index (Phi) is 6.62. The summed E-state index contributed by atoms with van der Waals surface area (Å²) in [6.45, 7) is 4.01. The zero-order chi connectivity index (χ0) is 14.1. The quantitative estimate of drug-likeness (QED) is 0.203. The summed E-state index contributed by atoms with van der Waals surface area (Å²) in [5, 5.41) is 14.7. The van der Waals surface area contributed by atoms with Crippen molar-refractivity contribution in [3.8, 4) is 0 Å². The van der Waals surface area contributed by atoms with Gasteiger partial charge in [0.25, 0.3) is 0 Å². The van der Waals surface area contributed by atoms with Gasteiger partial charge in [-0.05, 0) is 25.7 Å². The highest BCUT2D eigenvalue weighted by Crippen LogP contribution is 2.38. The third kappa shape index (κ3) is 4.09. The molecule has 6 nitrogen and oxygen atoms in total. The minimum atomic E-state index is -0.807. The second-order valence-electron chi connectivity index (χ2n) is 5.00. The van der Waals surface area contributed by atoms with Gasteiger partial charge >= 0.3 is 0 Å². The summed E-state index contributed by atoms with van der Waals surface area (Å²) in [6, 6.07) is 0. The Hall–Kier alpha value is -1.30. The summed E-state index contributed by atoms with van der Waals surface area (Å²) < 4.78 is 5.34. The lowest BCUT2D eigenvalue weighted by molar-refractivity contribution is -0.127. The van der Waals surface area contributed by atoms with Crippen LogP contribution in [0.5, 0.6) is 0 Å². The van der Waals surface area contributed by atoms with Crippen molar-refractivity contribution in [2.45, 2.75) is 45.4 Å². The molecule has 1 saturated carbocycles. The molecule has 6 heteroatoms. The maximum atomic E-state index is 12.2. The number of oxime groups is 1. The van der Waals surface area contributed by atoms with Gasteiger partial charge in [-0.15, -0.1) is 0 Å². The molecule has 0 aliphatic heterocycles. The van der Waals surface area contributed by atoms with E-state index in [-0.39, 0.29) is 11.7 Å². The second kappa shape index (κ2) is 7.99. The number of rotatable bonds is 8. The van der Waals surface area contributed by atoms with Crippen LogP contribution in [0, 0.1) is 5.41 Å². The van der Waals surface area contributed by atoms with E-state index in [1.54, 1.807) is 0 Å². The Labute approximate surface area is 114 Å². The molecule has 0 atom stereocenters. The number of ether oxygens (including phenoxy) is 1. The van der Waals surface area contributed by atoms with Crippen molar-refractivity contribution in [3.05, 3.63) is 0 Å². The van der Waals surface area contributed by atoms with E-state index in [1.807, 2.05) is 0 Å².